The highest BCUT2D eigenvalue weighted by Gasteiger charge is 2.17. The lowest BCUT2D eigenvalue weighted by molar-refractivity contribution is 0.0741. The van der Waals surface area contributed by atoms with Gasteiger partial charge in [-0.3, -0.25) is 9.78 Å². The second-order valence-corrected chi connectivity index (χ2v) is 4.57. The average molecular weight is 285 g/mol. The lowest BCUT2D eigenvalue weighted by Gasteiger charge is -2.19. The van der Waals surface area contributed by atoms with Crippen molar-refractivity contribution in [2.75, 3.05) is 26.3 Å². The van der Waals surface area contributed by atoms with Crippen molar-refractivity contribution in [3.63, 3.8) is 0 Å². The number of pyridine rings is 1. The highest BCUT2D eigenvalue weighted by molar-refractivity contribution is 9.10. The Morgan fingerprint density at radius 3 is 3.06 bits per heavy atom. The van der Waals surface area contributed by atoms with Crippen LogP contribution in [0.25, 0.3) is 0 Å². The van der Waals surface area contributed by atoms with E-state index in [2.05, 4.69) is 20.9 Å². The Morgan fingerprint density at radius 1 is 1.38 bits per heavy atom. The minimum absolute atomic E-state index is 0.0271. The minimum atomic E-state index is 0.0271. The molecule has 0 spiro atoms. The molecule has 1 fully saturated rings. The largest absolute Gasteiger partial charge is 0.380 e. The maximum atomic E-state index is 12.1. The molecule has 2 heterocycles. The van der Waals surface area contributed by atoms with Gasteiger partial charge in [-0.15, -0.1) is 0 Å². The van der Waals surface area contributed by atoms with Crippen LogP contribution in [-0.2, 0) is 4.74 Å². The molecule has 0 aliphatic carbocycles. The van der Waals surface area contributed by atoms with Crippen LogP contribution in [-0.4, -0.2) is 42.1 Å². The molecular formula is C11H13BrN2O2. The first-order chi connectivity index (χ1) is 7.77. The van der Waals surface area contributed by atoms with Crippen molar-refractivity contribution in [3.05, 3.63) is 28.5 Å². The molecule has 2 rings (SSSR count). The zero-order valence-electron chi connectivity index (χ0n) is 8.86. The van der Waals surface area contributed by atoms with Crippen molar-refractivity contribution >= 4 is 21.8 Å². The van der Waals surface area contributed by atoms with Gasteiger partial charge in [0.25, 0.3) is 5.91 Å². The fourth-order valence-corrected chi connectivity index (χ4v) is 2.03. The summed E-state index contributed by atoms with van der Waals surface area (Å²) in [4.78, 5) is 17.9. The average Bonchev–Trinajstić information content (AvgIpc) is 2.56. The number of amides is 1. The van der Waals surface area contributed by atoms with Gasteiger partial charge in [0.1, 0.15) is 0 Å². The van der Waals surface area contributed by atoms with E-state index in [9.17, 15) is 4.79 Å². The van der Waals surface area contributed by atoms with Gasteiger partial charge in [-0.1, -0.05) is 0 Å². The van der Waals surface area contributed by atoms with E-state index >= 15 is 0 Å². The first-order valence-corrected chi connectivity index (χ1v) is 6.04. The smallest absolute Gasteiger partial charge is 0.255 e. The summed E-state index contributed by atoms with van der Waals surface area (Å²) in [5, 5.41) is 0. The Bertz CT molecular complexity index is 376. The second kappa shape index (κ2) is 5.41. The van der Waals surface area contributed by atoms with Crippen LogP contribution in [0.2, 0.25) is 0 Å². The molecule has 1 aromatic heterocycles. The van der Waals surface area contributed by atoms with Gasteiger partial charge in [0.15, 0.2) is 0 Å². The fraction of sp³-hybridized carbons (Fsp3) is 0.455. The van der Waals surface area contributed by atoms with Crippen LogP contribution in [0, 0.1) is 0 Å². The summed E-state index contributed by atoms with van der Waals surface area (Å²) in [5.41, 5.74) is 0.622. The molecule has 0 N–H and O–H groups in total. The summed E-state index contributed by atoms with van der Waals surface area (Å²) in [6.07, 6.45) is 4.16. The maximum absolute atomic E-state index is 12.1. The maximum Gasteiger partial charge on any atom is 0.255 e. The Kier molecular flexibility index (Phi) is 3.90. The van der Waals surface area contributed by atoms with Gasteiger partial charge >= 0.3 is 0 Å². The number of aromatic nitrogens is 1. The molecule has 86 valence electrons. The Morgan fingerprint density at radius 2 is 2.25 bits per heavy atom. The van der Waals surface area contributed by atoms with Crippen molar-refractivity contribution in [1.29, 1.82) is 0 Å². The van der Waals surface area contributed by atoms with Crippen molar-refractivity contribution < 1.29 is 9.53 Å². The van der Waals surface area contributed by atoms with Crippen LogP contribution in [0.4, 0.5) is 0 Å². The van der Waals surface area contributed by atoms with Gasteiger partial charge in [-0.25, -0.2) is 0 Å². The summed E-state index contributed by atoms with van der Waals surface area (Å²) < 4.78 is 6.14. The number of hydrogen-bond acceptors (Lipinski definition) is 3. The first-order valence-electron chi connectivity index (χ1n) is 5.25. The summed E-state index contributed by atoms with van der Waals surface area (Å²) in [6.45, 7) is 2.77. The van der Waals surface area contributed by atoms with Crippen LogP contribution in [0.15, 0.2) is 22.9 Å². The van der Waals surface area contributed by atoms with Crippen LogP contribution in [0.1, 0.15) is 16.8 Å². The van der Waals surface area contributed by atoms with Crippen LogP contribution in [0.3, 0.4) is 0 Å². The molecular weight excluding hydrogens is 272 g/mol. The number of carbonyl (C=O) groups is 1. The Balaban J connectivity index is 2.11. The van der Waals surface area contributed by atoms with E-state index in [0.717, 1.165) is 24.0 Å². The third-order valence-corrected chi connectivity index (χ3v) is 2.89. The molecule has 0 bridgehead atoms. The van der Waals surface area contributed by atoms with Gasteiger partial charge in [0.05, 0.1) is 12.2 Å². The lowest BCUT2D eigenvalue weighted by Crippen LogP contribution is -2.33. The topological polar surface area (TPSA) is 42.4 Å². The van der Waals surface area contributed by atoms with Crippen molar-refractivity contribution in [2.45, 2.75) is 6.42 Å². The van der Waals surface area contributed by atoms with Crippen LogP contribution < -0.4 is 0 Å². The van der Waals surface area contributed by atoms with E-state index in [4.69, 9.17) is 4.74 Å². The second-order valence-electron chi connectivity index (χ2n) is 3.65. The molecule has 4 nitrogen and oxygen atoms in total. The zero-order chi connectivity index (χ0) is 11.4. The predicted octanol–water partition coefficient (Wildman–Crippen LogP) is 1.71. The van der Waals surface area contributed by atoms with Gasteiger partial charge in [0.2, 0.25) is 0 Å². The molecule has 1 aliphatic heterocycles. The predicted molar refractivity (Wildman–Crippen MR) is 63.3 cm³/mol. The number of halogens is 1. The molecule has 5 heteroatoms. The third-order valence-electron chi connectivity index (χ3n) is 2.46. The monoisotopic (exact) mass is 284 g/mol. The highest BCUT2D eigenvalue weighted by Crippen LogP contribution is 2.12. The molecule has 0 radical (unpaired) electrons. The van der Waals surface area contributed by atoms with E-state index in [1.807, 2.05) is 4.90 Å². The standard InChI is InChI=1S/C11H13BrN2O2/c12-10-6-9(7-13-8-10)11(15)14-2-1-4-16-5-3-14/h6-8H,1-5H2. The summed E-state index contributed by atoms with van der Waals surface area (Å²) in [7, 11) is 0. The number of hydrogen-bond donors (Lipinski definition) is 0. The normalized spacial score (nSPS) is 16.9. The van der Waals surface area contributed by atoms with Crippen molar-refractivity contribution in [2.24, 2.45) is 0 Å². The molecule has 0 unspecified atom stereocenters. The summed E-state index contributed by atoms with van der Waals surface area (Å²) >= 11 is 3.31. The summed E-state index contributed by atoms with van der Waals surface area (Å²) in [6, 6.07) is 1.79. The number of carbonyl (C=O) groups excluding carboxylic acids is 1. The number of rotatable bonds is 1. The molecule has 1 amide bonds. The Hall–Kier alpha value is -0.940. The van der Waals surface area contributed by atoms with Gasteiger partial charge in [-0.2, -0.15) is 0 Å². The number of nitrogens with zero attached hydrogens (tertiary/aromatic N) is 2. The van der Waals surface area contributed by atoms with E-state index in [1.54, 1.807) is 18.5 Å². The summed E-state index contributed by atoms with van der Waals surface area (Å²) in [5.74, 6) is 0.0271. The number of ether oxygens (including phenoxy) is 1. The SMILES string of the molecule is O=C(c1cncc(Br)c1)N1CCCOCC1. The molecule has 1 aromatic rings. The zero-order valence-corrected chi connectivity index (χ0v) is 10.4. The van der Waals surface area contributed by atoms with Gasteiger partial charge in [0, 0.05) is 36.6 Å². The van der Waals surface area contributed by atoms with Crippen LogP contribution in [0.5, 0.6) is 0 Å². The van der Waals surface area contributed by atoms with Gasteiger partial charge < -0.3 is 9.64 Å². The molecule has 0 atom stereocenters. The molecule has 1 saturated heterocycles. The van der Waals surface area contributed by atoms with Crippen molar-refractivity contribution in [3.8, 4) is 0 Å². The molecule has 1 aliphatic rings. The fourth-order valence-electron chi connectivity index (χ4n) is 1.66. The lowest BCUT2D eigenvalue weighted by atomic mass is 10.2. The minimum Gasteiger partial charge on any atom is -0.380 e. The van der Waals surface area contributed by atoms with Crippen molar-refractivity contribution in [1.82, 2.24) is 9.88 Å². The Labute approximate surface area is 103 Å². The quantitative estimate of drug-likeness (QED) is 0.789. The molecule has 0 saturated carbocycles. The first kappa shape index (κ1) is 11.5. The highest BCUT2D eigenvalue weighted by atomic mass is 79.9. The van der Waals surface area contributed by atoms with E-state index in [0.29, 0.717) is 18.7 Å². The van der Waals surface area contributed by atoms with Crippen LogP contribution >= 0.6 is 15.9 Å². The van der Waals surface area contributed by atoms with Gasteiger partial charge in [-0.05, 0) is 28.4 Å². The molecule has 0 aromatic carbocycles. The van der Waals surface area contributed by atoms with E-state index in [1.165, 1.54) is 0 Å². The third kappa shape index (κ3) is 2.80. The molecule has 16 heavy (non-hydrogen) atoms. The van der Waals surface area contributed by atoms with E-state index < -0.39 is 0 Å². The van der Waals surface area contributed by atoms with E-state index in [-0.39, 0.29) is 5.91 Å².